The summed E-state index contributed by atoms with van der Waals surface area (Å²) in [6.07, 6.45) is 3.99. The minimum atomic E-state index is -0.677. The number of hydrogen-bond donors (Lipinski definition) is 1. The summed E-state index contributed by atoms with van der Waals surface area (Å²) in [5.41, 5.74) is 1.96. The maximum absolute atomic E-state index is 10.5. The zero-order valence-electron chi connectivity index (χ0n) is 10.6. The second-order valence-corrected chi connectivity index (χ2v) is 5.30. The molecule has 1 heterocycles. The average Bonchev–Trinajstić information content (AvgIpc) is 2.80. The highest BCUT2D eigenvalue weighted by molar-refractivity contribution is 9.10. The van der Waals surface area contributed by atoms with E-state index in [2.05, 4.69) is 27.8 Å². The molecule has 0 aliphatic rings. The molecule has 0 spiro atoms. The first-order valence-electron chi connectivity index (χ1n) is 6.08. The van der Waals surface area contributed by atoms with Crippen LogP contribution in [-0.2, 0) is 6.54 Å². The highest BCUT2D eigenvalue weighted by atomic mass is 79.9. The fourth-order valence-electron chi connectivity index (χ4n) is 2.04. The third kappa shape index (κ3) is 2.65. The summed E-state index contributed by atoms with van der Waals surface area (Å²) in [5, 5.41) is 10.5. The number of aryl methyl sites for hydroxylation is 2. The van der Waals surface area contributed by atoms with Crippen molar-refractivity contribution < 1.29 is 5.11 Å². The van der Waals surface area contributed by atoms with E-state index in [1.165, 1.54) is 0 Å². The van der Waals surface area contributed by atoms with Crippen molar-refractivity contribution >= 4 is 15.9 Å². The van der Waals surface area contributed by atoms with E-state index in [0.717, 1.165) is 28.6 Å². The molecule has 1 unspecified atom stereocenters. The summed E-state index contributed by atoms with van der Waals surface area (Å²) < 4.78 is 2.97. The lowest BCUT2D eigenvalue weighted by Crippen LogP contribution is -2.10. The van der Waals surface area contributed by atoms with E-state index in [4.69, 9.17) is 0 Å². The molecule has 4 heteroatoms. The van der Waals surface area contributed by atoms with E-state index in [-0.39, 0.29) is 0 Å². The van der Waals surface area contributed by atoms with Crippen LogP contribution in [0, 0.1) is 6.92 Å². The third-order valence-corrected chi connectivity index (χ3v) is 3.49. The van der Waals surface area contributed by atoms with E-state index in [0.29, 0.717) is 5.82 Å². The van der Waals surface area contributed by atoms with Crippen LogP contribution in [0.4, 0.5) is 0 Å². The quantitative estimate of drug-likeness (QED) is 0.939. The zero-order valence-corrected chi connectivity index (χ0v) is 12.2. The summed E-state index contributed by atoms with van der Waals surface area (Å²) in [6.45, 7) is 4.98. The monoisotopic (exact) mass is 308 g/mol. The van der Waals surface area contributed by atoms with E-state index >= 15 is 0 Å². The molecule has 0 saturated carbocycles. The fraction of sp³-hybridized carbons (Fsp3) is 0.357. The number of nitrogens with zero attached hydrogens (tertiary/aromatic N) is 2. The molecule has 96 valence electrons. The highest BCUT2D eigenvalue weighted by Gasteiger charge is 2.18. The standard InChI is InChI=1S/C14H17BrN2O/c1-3-7-17-8-6-16-14(17)13(18)12-9-11(15)5-4-10(12)2/h4-6,8-9,13,18H,3,7H2,1-2H3. The van der Waals surface area contributed by atoms with Gasteiger partial charge in [-0.3, -0.25) is 0 Å². The molecule has 2 aromatic rings. The molecule has 0 saturated heterocycles. The van der Waals surface area contributed by atoms with Crippen molar-refractivity contribution in [2.45, 2.75) is 32.9 Å². The number of aromatic nitrogens is 2. The van der Waals surface area contributed by atoms with Crippen LogP contribution < -0.4 is 0 Å². The Morgan fingerprint density at radius 2 is 2.22 bits per heavy atom. The van der Waals surface area contributed by atoms with E-state index in [1.54, 1.807) is 6.20 Å². The lowest BCUT2D eigenvalue weighted by atomic mass is 10.0. The maximum Gasteiger partial charge on any atom is 0.142 e. The molecule has 1 N–H and O–H groups in total. The SMILES string of the molecule is CCCn1ccnc1C(O)c1cc(Br)ccc1C. The number of benzene rings is 1. The van der Waals surface area contributed by atoms with Gasteiger partial charge in [0.15, 0.2) is 0 Å². The first-order valence-corrected chi connectivity index (χ1v) is 6.88. The lowest BCUT2D eigenvalue weighted by molar-refractivity contribution is 0.203. The molecule has 2 rings (SSSR count). The summed E-state index contributed by atoms with van der Waals surface area (Å²) in [6, 6.07) is 5.92. The predicted molar refractivity (Wildman–Crippen MR) is 75.5 cm³/mol. The molecule has 1 aromatic heterocycles. The van der Waals surface area contributed by atoms with Crippen molar-refractivity contribution in [1.82, 2.24) is 9.55 Å². The smallest absolute Gasteiger partial charge is 0.142 e. The van der Waals surface area contributed by atoms with Gasteiger partial charge in [-0.05, 0) is 36.6 Å². The average molecular weight is 309 g/mol. The number of aliphatic hydroxyl groups is 1. The molecule has 0 fully saturated rings. The molecule has 0 amide bonds. The number of aliphatic hydroxyl groups excluding tert-OH is 1. The minimum absolute atomic E-state index is 0.677. The van der Waals surface area contributed by atoms with E-state index in [1.807, 2.05) is 35.9 Å². The molecule has 1 atom stereocenters. The van der Waals surface area contributed by atoms with Crippen molar-refractivity contribution in [2.24, 2.45) is 0 Å². The van der Waals surface area contributed by atoms with E-state index in [9.17, 15) is 5.11 Å². The largest absolute Gasteiger partial charge is 0.380 e. The van der Waals surface area contributed by atoms with Crippen molar-refractivity contribution in [1.29, 1.82) is 0 Å². The number of halogens is 1. The normalized spacial score (nSPS) is 12.7. The van der Waals surface area contributed by atoms with E-state index < -0.39 is 6.10 Å². The third-order valence-electron chi connectivity index (χ3n) is 2.99. The summed E-state index contributed by atoms with van der Waals surface area (Å²) in [4.78, 5) is 4.28. The Balaban J connectivity index is 2.38. The Hall–Kier alpha value is -1.13. The van der Waals surface area contributed by atoms with Gasteiger partial charge in [-0.2, -0.15) is 0 Å². The van der Waals surface area contributed by atoms with Gasteiger partial charge in [-0.25, -0.2) is 4.98 Å². The van der Waals surface area contributed by atoms with Gasteiger partial charge in [-0.15, -0.1) is 0 Å². The second kappa shape index (κ2) is 5.67. The first-order chi connectivity index (χ1) is 8.63. The topological polar surface area (TPSA) is 38.0 Å². The Bertz CT molecular complexity index is 536. The van der Waals surface area contributed by atoms with Crippen LogP contribution in [0.1, 0.15) is 36.4 Å². The minimum Gasteiger partial charge on any atom is -0.380 e. The van der Waals surface area contributed by atoms with Crippen molar-refractivity contribution in [3.8, 4) is 0 Å². The van der Waals surface area contributed by atoms with Gasteiger partial charge in [-0.1, -0.05) is 28.9 Å². The first kappa shape index (κ1) is 13.3. The summed E-state index contributed by atoms with van der Waals surface area (Å²) >= 11 is 3.44. The summed E-state index contributed by atoms with van der Waals surface area (Å²) in [7, 11) is 0. The molecule has 3 nitrogen and oxygen atoms in total. The lowest BCUT2D eigenvalue weighted by Gasteiger charge is -2.15. The van der Waals surface area contributed by atoms with Crippen LogP contribution in [-0.4, -0.2) is 14.7 Å². The predicted octanol–water partition coefficient (Wildman–Crippen LogP) is 3.45. The number of imidazole rings is 1. The number of hydrogen-bond acceptors (Lipinski definition) is 2. The molecular formula is C14H17BrN2O. The molecule has 18 heavy (non-hydrogen) atoms. The van der Waals surface area contributed by atoms with Crippen molar-refractivity contribution in [3.63, 3.8) is 0 Å². The second-order valence-electron chi connectivity index (χ2n) is 4.38. The highest BCUT2D eigenvalue weighted by Crippen LogP contribution is 2.26. The van der Waals surface area contributed by atoms with Gasteiger partial charge in [0, 0.05) is 23.4 Å². The molecule has 0 aliphatic heterocycles. The summed E-state index contributed by atoms with van der Waals surface area (Å²) in [5.74, 6) is 0.707. The Morgan fingerprint density at radius 1 is 1.44 bits per heavy atom. The Labute approximate surface area is 116 Å². The Kier molecular flexibility index (Phi) is 4.19. The van der Waals surface area contributed by atoms with Crippen LogP contribution in [0.25, 0.3) is 0 Å². The van der Waals surface area contributed by atoms with Crippen LogP contribution in [0.15, 0.2) is 35.1 Å². The Morgan fingerprint density at radius 3 is 2.94 bits per heavy atom. The van der Waals surface area contributed by atoms with Crippen molar-refractivity contribution in [2.75, 3.05) is 0 Å². The van der Waals surface area contributed by atoms with Crippen molar-refractivity contribution in [3.05, 3.63) is 52.0 Å². The molecule has 0 radical (unpaired) electrons. The van der Waals surface area contributed by atoms with Gasteiger partial charge in [0.2, 0.25) is 0 Å². The van der Waals surface area contributed by atoms with Crippen LogP contribution in [0.5, 0.6) is 0 Å². The van der Waals surface area contributed by atoms with Crippen LogP contribution >= 0.6 is 15.9 Å². The fourth-order valence-corrected chi connectivity index (χ4v) is 2.42. The molecule has 0 aliphatic carbocycles. The van der Waals surface area contributed by atoms with Crippen LogP contribution in [0.2, 0.25) is 0 Å². The maximum atomic E-state index is 10.5. The van der Waals surface area contributed by atoms with Gasteiger partial charge < -0.3 is 9.67 Å². The zero-order chi connectivity index (χ0) is 13.1. The van der Waals surface area contributed by atoms with Gasteiger partial charge >= 0.3 is 0 Å². The van der Waals surface area contributed by atoms with Gasteiger partial charge in [0.05, 0.1) is 0 Å². The van der Waals surface area contributed by atoms with Gasteiger partial charge in [0.1, 0.15) is 11.9 Å². The number of rotatable bonds is 4. The van der Waals surface area contributed by atoms with Gasteiger partial charge in [0.25, 0.3) is 0 Å². The van der Waals surface area contributed by atoms with Crippen LogP contribution in [0.3, 0.4) is 0 Å². The molecule has 0 bridgehead atoms. The molecule has 1 aromatic carbocycles. The molecular weight excluding hydrogens is 292 g/mol.